The Morgan fingerprint density at radius 3 is 2.35 bits per heavy atom. The first-order valence-corrected chi connectivity index (χ1v) is 7.63. The highest BCUT2D eigenvalue weighted by Crippen LogP contribution is 2.37. The number of carbonyl (C=O) groups is 1. The molecule has 1 unspecified atom stereocenters. The SMILES string of the molecule is COC(=O)C(O)c1cc2c(cc1S(C)(=O)=O)OCCO2. The van der Waals surface area contributed by atoms with Crippen LogP contribution >= 0.6 is 0 Å². The molecule has 1 N–H and O–H groups in total. The second-order valence-corrected chi connectivity index (χ2v) is 6.22. The van der Waals surface area contributed by atoms with Gasteiger partial charge in [-0.25, -0.2) is 13.2 Å². The summed E-state index contributed by atoms with van der Waals surface area (Å²) in [7, 11) is -2.56. The molecule has 20 heavy (non-hydrogen) atoms. The van der Waals surface area contributed by atoms with Gasteiger partial charge in [-0.2, -0.15) is 0 Å². The maximum Gasteiger partial charge on any atom is 0.339 e. The van der Waals surface area contributed by atoms with Crippen molar-refractivity contribution in [3.05, 3.63) is 17.7 Å². The summed E-state index contributed by atoms with van der Waals surface area (Å²) in [5.74, 6) is -0.411. The van der Waals surface area contributed by atoms with Gasteiger partial charge in [0.15, 0.2) is 27.4 Å². The van der Waals surface area contributed by atoms with Crippen molar-refractivity contribution >= 4 is 15.8 Å². The molecule has 0 saturated carbocycles. The third-order valence-corrected chi connectivity index (χ3v) is 3.95. The number of aliphatic hydroxyl groups excluding tert-OH is 1. The highest BCUT2D eigenvalue weighted by Gasteiger charge is 2.28. The zero-order valence-corrected chi connectivity index (χ0v) is 11.8. The fourth-order valence-corrected chi connectivity index (χ4v) is 2.78. The monoisotopic (exact) mass is 302 g/mol. The molecular formula is C12H14O7S. The molecule has 0 radical (unpaired) electrons. The predicted octanol–water partition coefficient (Wildman–Crippen LogP) is 0.0677. The van der Waals surface area contributed by atoms with Crippen molar-refractivity contribution in [1.29, 1.82) is 0 Å². The van der Waals surface area contributed by atoms with Crippen LogP contribution in [0.4, 0.5) is 0 Å². The van der Waals surface area contributed by atoms with Gasteiger partial charge < -0.3 is 19.3 Å². The molecule has 110 valence electrons. The Kier molecular flexibility index (Phi) is 3.87. The molecule has 1 aliphatic rings. The summed E-state index contributed by atoms with van der Waals surface area (Å²) in [6, 6.07) is 2.53. The van der Waals surface area contributed by atoms with Crippen LogP contribution in [0.5, 0.6) is 11.5 Å². The van der Waals surface area contributed by atoms with E-state index in [0.717, 1.165) is 13.4 Å². The number of benzene rings is 1. The molecule has 0 spiro atoms. The van der Waals surface area contributed by atoms with Crippen molar-refractivity contribution in [2.24, 2.45) is 0 Å². The maximum absolute atomic E-state index is 11.8. The van der Waals surface area contributed by atoms with Crippen molar-refractivity contribution in [2.45, 2.75) is 11.0 Å². The summed E-state index contributed by atoms with van der Waals surface area (Å²) in [5.41, 5.74) is -0.0939. The predicted molar refractivity (Wildman–Crippen MR) is 67.5 cm³/mol. The molecule has 0 fully saturated rings. The Bertz CT molecular complexity index is 635. The van der Waals surface area contributed by atoms with Crippen LogP contribution in [0, 0.1) is 0 Å². The lowest BCUT2D eigenvalue weighted by atomic mass is 10.1. The molecule has 1 atom stereocenters. The first kappa shape index (κ1) is 14.6. The summed E-state index contributed by atoms with van der Waals surface area (Å²) in [4.78, 5) is 11.2. The number of methoxy groups -OCH3 is 1. The van der Waals surface area contributed by atoms with Crippen LogP contribution in [-0.2, 0) is 19.4 Å². The van der Waals surface area contributed by atoms with Crippen molar-refractivity contribution in [2.75, 3.05) is 26.6 Å². The van der Waals surface area contributed by atoms with Gasteiger partial charge in [0, 0.05) is 17.9 Å². The largest absolute Gasteiger partial charge is 0.486 e. The minimum absolute atomic E-state index is 0.0939. The topological polar surface area (TPSA) is 99.1 Å². The Hall–Kier alpha value is -1.80. The van der Waals surface area contributed by atoms with Gasteiger partial charge in [-0.1, -0.05) is 0 Å². The van der Waals surface area contributed by atoms with Gasteiger partial charge in [0.25, 0.3) is 0 Å². The first-order valence-electron chi connectivity index (χ1n) is 5.74. The number of carbonyl (C=O) groups excluding carboxylic acids is 1. The standard InChI is InChI=1S/C12H14O7S/c1-17-12(14)11(13)7-5-8-9(19-4-3-18-8)6-10(7)20(2,15)16/h5-6,11,13H,3-4H2,1-2H3. The average molecular weight is 302 g/mol. The van der Waals surface area contributed by atoms with Crippen molar-refractivity contribution in [3.63, 3.8) is 0 Å². The summed E-state index contributed by atoms with van der Waals surface area (Å²) in [6.07, 6.45) is -0.730. The highest BCUT2D eigenvalue weighted by atomic mass is 32.2. The van der Waals surface area contributed by atoms with Gasteiger partial charge >= 0.3 is 5.97 Å². The zero-order valence-electron chi connectivity index (χ0n) is 11.0. The van der Waals surface area contributed by atoms with Crippen LogP contribution in [-0.4, -0.2) is 46.1 Å². The first-order chi connectivity index (χ1) is 9.34. The number of ether oxygens (including phenoxy) is 3. The maximum atomic E-state index is 11.8. The van der Waals surface area contributed by atoms with Crippen LogP contribution in [0.15, 0.2) is 17.0 Å². The van der Waals surface area contributed by atoms with Gasteiger partial charge in [-0.05, 0) is 6.07 Å². The summed E-state index contributed by atoms with van der Waals surface area (Å²) in [6.45, 7) is 0.605. The van der Waals surface area contributed by atoms with Crippen molar-refractivity contribution in [1.82, 2.24) is 0 Å². The Morgan fingerprint density at radius 2 is 1.85 bits per heavy atom. The van der Waals surface area contributed by atoms with Crippen molar-refractivity contribution < 1.29 is 32.5 Å². The van der Waals surface area contributed by atoms with Crippen LogP contribution in [0.3, 0.4) is 0 Å². The number of rotatable bonds is 3. The van der Waals surface area contributed by atoms with Gasteiger partial charge in [-0.3, -0.25) is 0 Å². The normalized spacial score (nSPS) is 15.6. The van der Waals surface area contributed by atoms with E-state index >= 15 is 0 Å². The van der Waals surface area contributed by atoms with Crippen LogP contribution in [0.25, 0.3) is 0 Å². The molecule has 1 heterocycles. The zero-order chi connectivity index (χ0) is 14.9. The quantitative estimate of drug-likeness (QED) is 0.789. The van der Waals surface area contributed by atoms with E-state index in [2.05, 4.69) is 4.74 Å². The van der Waals surface area contributed by atoms with E-state index in [-0.39, 0.29) is 22.0 Å². The fourth-order valence-electron chi connectivity index (χ4n) is 1.86. The van der Waals surface area contributed by atoms with Crippen LogP contribution in [0.1, 0.15) is 11.7 Å². The number of hydrogen-bond acceptors (Lipinski definition) is 7. The highest BCUT2D eigenvalue weighted by molar-refractivity contribution is 7.90. The smallest absolute Gasteiger partial charge is 0.339 e. The van der Waals surface area contributed by atoms with E-state index < -0.39 is 21.9 Å². The molecule has 1 aromatic carbocycles. The molecule has 0 aliphatic carbocycles. The van der Waals surface area contributed by atoms with E-state index in [0.29, 0.717) is 13.2 Å². The van der Waals surface area contributed by atoms with Gasteiger partial charge in [0.2, 0.25) is 0 Å². The molecule has 7 nitrogen and oxygen atoms in total. The van der Waals surface area contributed by atoms with Gasteiger partial charge in [-0.15, -0.1) is 0 Å². The van der Waals surface area contributed by atoms with E-state index in [1.807, 2.05) is 0 Å². The minimum atomic E-state index is -3.66. The summed E-state index contributed by atoms with van der Waals surface area (Å²) < 4.78 is 38.6. The summed E-state index contributed by atoms with van der Waals surface area (Å²) >= 11 is 0. The molecule has 0 aromatic heterocycles. The van der Waals surface area contributed by atoms with Crippen molar-refractivity contribution in [3.8, 4) is 11.5 Å². The third kappa shape index (κ3) is 2.70. The number of sulfone groups is 1. The van der Waals surface area contributed by atoms with E-state index in [1.165, 1.54) is 12.1 Å². The van der Waals surface area contributed by atoms with Gasteiger partial charge in [0.05, 0.1) is 12.0 Å². The molecule has 0 saturated heterocycles. The van der Waals surface area contributed by atoms with E-state index in [9.17, 15) is 18.3 Å². The molecule has 0 amide bonds. The lowest BCUT2D eigenvalue weighted by molar-refractivity contribution is -0.150. The third-order valence-electron chi connectivity index (χ3n) is 2.79. The lowest BCUT2D eigenvalue weighted by Crippen LogP contribution is -2.20. The Labute approximate surface area is 116 Å². The number of esters is 1. The molecule has 8 heteroatoms. The molecule has 2 rings (SSSR count). The van der Waals surface area contributed by atoms with Crippen LogP contribution in [0.2, 0.25) is 0 Å². The second-order valence-electron chi connectivity index (χ2n) is 4.23. The Morgan fingerprint density at radius 1 is 1.30 bits per heavy atom. The second kappa shape index (κ2) is 5.29. The van der Waals surface area contributed by atoms with E-state index in [4.69, 9.17) is 9.47 Å². The Balaban J connectivity index is 2.61. The number of aliphatic hydroxyl groups is 1. The van der Waals surface area contributed by atoms with Crippen LogP contribution < -0.4 is 9.47 Å². The minimum Gasteiger partial charge on any atom is -0.486 e. The molecule has 1 aromatic rings. The lowest BCUT2D eigenvalue weighted by Gasteiger charge is -2.21. The fraction of sp³-hybridized carbons (Fsp3) is 0.417. The molecule has 0 bridgehead atoms. The summed E-state index contributed by atoms with van der Waals surface area (Å²) in [5, 5.41) is 9.90. The van der Waals surface area contributed by atoms with E-state index in [1.54, 1.807) is 0 Å². The average Bonchev–Trinajstić information content (AvgIpc) is 2.43. The number of fused-ring (bicyclic) bond motifs is 1. The number of hydrogen-bond donors (Lipinski definition) is 1. The molecular weight excluding hydrogens is 288 g/mol. The van der Waals surface area contributed by atoms with Gasteiger partial charge in [0.1, 0.15) is 13.2 Å². The molecule has 1 aliphatic heterocycles.